The Morgan fingerprint density at radius 1 is 1.15 bits per heavy atom. The van der Waals surface area contributed by atoms with Crippen LogP contribution in [-0.4, -0.2) is 76.7 Å². The topological polar surface area (TPSA) is 127 Å². The molecular weight excluding hydrogens is 502 g/mol. The number of ether oxygens (including phenoxy) is 3. The van der Waals surface area contributed by atoms with E-state index in [9.17, 15) is 19.5 Å². The summed E-state index contributed by atoms with van der Waals surface area (Å²) >= 11 is 0. The molecule has 0 bridgehead atoms. The normalized spacial score (nSPS) is 23.4. The lowest BCUT2D eigenvalue weighted by atomic mass is 9.79. The highest BCUT2D eigenvalue weighted by Crippen LogP contribution is 2.34. The van der Waals surface area contributed by atoms with E-state index in [0.717, 1.165) is 38.5 Å². The van der Waals surface area contributed by atoms with Crippen LogP contribution in [0.3, 0.4) is 0 Å². The summed E-state index contributed by atoms with van der Waals surface area (Å²) in [5.41, 5.74) is 3.26. The van der Waals surface area contributed by atoms with Crippen LogP contribution in [0.25, 0.3) is 0 Å². The van der Waals surface area contributed by atoms with E-state index >= 15 is 0 Å². The van der Waals surface area contributed by atoms with Gasteiger partial charge in [0.2, 0.25) is 0 Å². The Labute approximate surface area is 230 Å². The molecule has 1 aromatic heterocycles. The molecule has 2 heterocycles. The van der Waals surface area contributed by atoms with Gasteiger partial charge in [0.25, 0.3) is 0 Å². The van der Waals surface area contributed by atoms with E-state index in [1.807, 2.05) is 0 Å². The molecule has 2 aliphatic carbocycles. The molecule has 2 amide bonds. The van der Waals surface area contributed by atoms with Crippen LogP contribution >= 0.6 is 0 Å². The predicted octanol–water partition coefficient (Wildman–Crippen LogP) is 4.27. The molecule has 1 aromatic rings. The van der Waals surface area contributed by atoms with Crippen molar-refractivity contribution in [2.45, 2.75) is 109 Å². The number of aryl methyl sites for hydroxylation is 3. The van der Waals surface area contributed by atoms with Crippen molar-refractivity contribution < 1.29 is 33.7 Å². The molecule has 1 saturated carbocycles. The number of carbonyl (C=O) groups excluding carboxylic acids is 2. The number of alkyl carbamates (subject to hydrolysis) is 1. The zero-order valence-corrected chi connectivity index (χ0v) is 23.4. The SMILES string of the molecule is CC(C)(C)OC(=O)N1CCC(OC(=O)NC(CCOC2CC(CCc3ccc4c(n3)CCCC4)C2)C(=O)O)C1. The average molecular weight is 546 g/mol. The minimum atomic E-state index is -1.14. The molecular formula is C29H43N3O7. The van der Waals surface area contributed by atoms with Crippen molar-refractivity contribution in [2.24, 2.45) is 5.92 Å². The van der Waals surface area contributed by atoms with Crippen LogP contribution in [0.2, 0.25) is 0 Å². The first-order valence-corrected chi connectivity index (χ1v) is 14.3. The lowest BCUT2D eigenvalue weighted by Crippen LogP contribution is -2.44. The molecule has 10 heteroatoms. The molecule has 2 N–H and O–H groups in total. The van der Waals surface area contributed by atoms with Crippen molar-refractivity contribution in [1.82, 2.24) is 15.2 Å². The highest BCUT2D eigenvalue weighted by atomic mass is 16.6. The third kappa shape index (κ3) is 8.81. The third-order valence-electron chi connectivity index (χ3n) is 7.66. The van der Waals surface area contributed by atoms with E-state index in [1.165, 1.54) is 34.7 Å². The van der Waals surface area contributed by atoms with Crippen LogP contribution in [0, 0.1) is 5.92 Å². The van der Waals surface area contributed by atoms with Gasteiger partial charge in [-0.15, -0.1) is 0 Å². The summed E-state index contributed by atoms with van der Waals surface area (Å²) in [6.07, 6.45) is 7.73. The Bertz CT molecular complexity index is 1020. The van der Waals surface area contributed by atoms with Crippen molar-refractivity contribution in [3.8, 4) is 0 Å². The summed E-state index contributed by atoms with van der Waals surface area (Å²) in [4.78, 5) is 42.5. The number of hydrogen-bond acceptors (Lipinski definition) is 7. The van der Waals surface area contributed by atoms with Crippen LogP contribution in [0.5, 0.6) is 0 Å². The number of carboxylic acids is 1. The number of rotatable bonds is 10. The Balaban J connectivity index is 1.09. The van der Waals surface area contributed by atoms with Crippen LogP contribution in [0.15, 0.2) is 12.1 Å². The summed E-state index contributed by atoms with van der Waals surface area (Å²) in [7, 11) is 0. The van der Waals surface area contributed by atoms with Crippen LogP contribution in [0.4, 0.5) is 9.59 Å². The number of likely N-dealkylation sites (tertiary alicyclic amines) is 1. The van der Waals surface area contributed by atoms with E-state index in [1.54, 1.807) is 20.8 Å². The van der Waals surface area contributed by atoms with Gasteiger partial charge in [0.15, 0.2) is 0 Å². The maximum Gasteiger partial charge on any atom is 0.410 e. The number of hydrogen-bond donors (Lipinski definition) is 2. The summed E-state index contributed by atoms with van der Waals surface area (Å²) in [6.45, 7) is 6.24. The van der Waals surface area contributed by atoms with Gasteiger partial charge in [-0.1, -0.05) is 6.07 Å². The van der Waals surface area contributed by atoms with Gasteiger partial charge >= 0.3 is 18.2 Å². The van der Waals surface area contributed by atoms with Crippen LogP contribution < -0.4 is 5.32 Å². The molecule has 10 nitrogen and oxygen atoms in total. The zero-order chi connectivity index (χ0) is 28.0. The van der Waals surface area contributed by atoms with Crippen molar-refractivity contribution >= 4 is 18.2 Å². The first kappa shape index (κ1) is 29.1. The lowest BCUT2D eigenvalue weighted by molar-refractivity contribution is -0.140. The first-order chi connectivity index (χ1) is 18.6. The molecule has 1 aliphatic heterocycles. The molecule has 216 valence electrons. The number of amides is 2. The van der Waals surface area contributed by atoms with Gasteiger partial charge in [-0.25, -0.2) is 14.4 Å². The number of fused-ring (bicyclic) bond motifs is 1. The predicted molar refractivity (Wildman–Crippen MR) is 144 cm³/mol. The van der Waals surface area contributed by atoms with Gasteiger partial charge in [-0.3, -0.25) is 4.98 Å². The minimum absolute atomic E-state index is 0.130. The Morgan fingerprint density at radius 2 is 1.92 bits per heavy atom. The van der Waals surface area contributed by atoms with E-state index in [0.29, 0.717) is 18.9 Å². The second-order valence-corrected chi connectivity index (χ2v) is 12.1. The molecule has 0 spiro atoms. The molecule has 1 saturated heterocycles. The Hall–Kier alpha value is -2.88. The van der Waals surface area contributed by atoms with Gasteiger partial charge in [0.1, 0.15) is 17.7 Å². The number of nitrogens with zero attached hydrogens (tertiary/aromatic N) is 2. The number of aromatic nitrogens is 1. The molecule has 0 radical (unpaired) electrons. The fourth-order valence-electron chi connectivity index (χ4n) is 5.42. The Kier molecular flexibility index (Phi) is 9.69. The summed E-state index contributed by atoms with van der Waals surface area (Å²) in [5.74, 6) is -0.538. The van der Waals surface area contributed by atoms with Crippen molar-refractivity contribution in [2.75, 3.05) is 19.7 Å². The molecule has 2 atom stereocenters. The summed E-state index contributed by atoms with van der Waals surface area (Å²) < 4.78 is 16.6. The molecule has 2 fully saturated rings. The molecule has 2 unspecified atom stereocenters. The maximum atomic E-state index is 12.3. The summed E-state index contributed by atoms with van der Waals surface area (Å²) in [6, 6.07) is 3.32. The van der Waals surface area contributed by atoms with Gasteiger partial charge in [0.05, 0.1) is 12.6 Å². The summed E-state index contributed by atoms with van der Waals surface area (Å²) in [5, 5.41) is 12.0. The number of nitrogens with one attached hydrogen (secondary N) is 1. The zero-order valence-electron chi connectivity index (χ0n) is 23.4. The first-order valence-electron chi connectivity index (χ1n) is 14.3. The molecule has 0 aromatic carbocycles. The molecule has 39 heavy (non-hydrogen) atoms. The fourth-order valence-corrected chi connectivity index (χ4v) is 5.42. The van der Waals surface area contributed by atoms with Gasteiger partial charge in [0, 0.05) is 37.4 Å². The van der Waals surface area contributed by atoms with Gasteiger partial charge in [-0.2, -0.15) is 0 Å². The quantitative estimate of drug-likeness (QED) is 0.446. The average Bonchev–Trinajstić information content (AvgIpc) is 3.31. The molecule has 3 aliphatic rings. The largest absolute Gasteiger partial charge is 0.480 e. The van der Waals surface area contributed by atoms with E-state index in [-0.39, 0.29) is 25.7 Å². The van der Waals surface area contributed by atoms with Crippen molar-refractivity contribution in [3.05, 3.63) is 29.1 Å². The number of pyridine rings is 1. The van der Waals surface area contributed by atoms with E-state index in [4.69, 9.17) is 19.2 Å². The number of carbonyl (C=O) groups is 3. The second kappa shape index (κ2) is 13.0. The highest BCUT2D eigenvalue weighted by molar-refractivity contribution is 5.80. The van der Waals surface area contributed by atoms with Gasteiger partial charge < -0.3 is 29.5 Å². The number of carboxylic acid groups (broad SMARTS) is 1. The Morgan fingerprint density at radius 3 is 2.67 bits per heavy atom. The highest BCUT2D eigenvalue weighted by Gasteiger charge is 2.33. The smallest absolute Gasteiger partial charge is 0.410 e. The van der Waals surface area contributed by atoms with Crippen LogP contribution in [0.1, 0.15) is 82.7 Å². The minimum Gasteiger partial charge on any atom is -0.480 e. The fraction of sp³-hybridized carbons (Fsp3) is 0.724. The second-order valence-electron chi connectivity index (χ2n) is 12.1. The monoisotopic (exact) mass is 545 g/mol. The van der Waals surface area contributed by atoms with Crippen LogP contribution in [-0.2, 0) is 38.3 Å². The van der Waals surface area contributed by atoms with Gasteiger partial charge in [-0.05, 0) is 89.7 Å². The van der Waals surface area contributed by atoms with Crippen molar-refractivity contribution in [3.63, 3.8) is 0 Å². The van der Waals surface area contributed by atoms with E-state index in [2.05, 4.69) is 17.4 Å². The third-order valence-corrected chi connectivity index (χ3v) is 7.66. The van der Waals surface area contributed by atoms with E-state index < -0.39 is 35.9 Å². The maximum absolute atomic E-state index is 12.3. The standard InChI is InChI=1S/C29H43N3O7/c1-29(2,3)39-28(36)32-14-12-22(18-32)38-27(35)31-25(26(33)34)13-15-37-23-16-19(17-23)8-10-21-11-9-20-6-4-5-7-24(20)30-21/h9,11,19,22-23,25H,4-8,10,12-18H2,1-3H3,(H,31,35)(H,33,34). The lowest BCUT2D eigenvalue weighted by Gasteiger charge is -2.35. The van der Waals surface area contributed by atoms with Crippen molar-refractivity contribution in [1.29, 1.82) is 0 Å². The molecule has 4 rings (SSSR count). The number of aliphatic carboxylic acids is 1.